The van der Waals surface area contributed by atoms with Gasteiger partial charge in [0.05, 0.1) is 19.3 Å². The van der Waals surface area contributed by atoms with Gasteiger partial charge in [-0.2, -0.15) is 0 Å². The van der Waals surface area contributed by atoms with Gasteiger partial charge in [-0.1, -0.05) is 32.3 Å². The van der Waals surface area contributed by atoms with Gasteiger partial charge in [0.15, 0.2) is 12.4 Å². The van der Waals surface area contributed by atoms with Crippen LogP contribution in [0.25, 0.3) is 0 Å². The molecule has 0 spiro atoms. The van der Waals surface area contributed by atoms with E-state index in [1.54, 1.807) is 6.08 Å². The second-order valence-corrected chi connectivity index (χ2v) is 7.68. The summed E-state index contributed by atoms with van der Waals surface area (Å²) in [4.78, 5) is 0. The van der Waals surface area contributed by atoms with Gasteiger partial charge < -0.3 is 54.7 Å². The summed E-state index contributed by atoms with van der Waals surface area (Å²) in [5, 5.41) is 69.9. The minimum Gasteiger partial charge on any atom is -0.388 e. The lowest BCUT2D eigenvalue weighted by Crippen LogP contribution is -2.64. The number of unbranched alkanes of at least 4 members (excludes halogenated alkanes) is 2. The molecule has 2 rings (SSSR count). The highest BCUT2D eigenvalue weighted by Crippen LogP contribution is 2.29. The maximum absolute atomic E-state index is 10.3. The van der Waals surface area contributed by atoms with E-state index >= 15 is 0 Å². The Morgan fingerprint density at radius 3 is 2.40 bits per heavy atom. The van der Waals surface area contributed by atoms with Gasteiger partial charge in [0, 0.05) is 0 Å². The van der Waals surface area contributed by atoms with Crippen molar-refractivity contribution in [2.24, 2.45) is 0 Å². The van der Waals surface area contributed by atoms with Crippen LogP contribution in [0.3, 0.4) is 0 Å². The van der Waals surface area contributed by atoms with Gasteiger partial charge in [0.1, 0.15) is 36.6 Å². The summed E-state index contributed by atoms with van der Waals surface area (Å²) in [6.07, 6.45) is -7.87. The quantitative estimate of drug-likeness (QED) is 0.111. The van der Waals surface area contributed by atoms with Gasteiger partial charge >= 0.3 is 5.97 Å². The Kier molecular flexibility index (Phi) is 9.58. The van der Waals surface area contributed by atoms with Crippen LogP contribution in [-0.2, 0) is 18.9 Å². The zero-order chi connectivity index (χ0) is 22.5. The number of rotatable bonds is 10. The van der Waals surface area contributed by atoms with Crippen LogP contribution in [0.4, 0.5) is 0 Å². The lowest BCUT2D eigenvalue weighted by Gasteiger charge is -2.44. The highest BCUT2D eigenvalue weighted by molar-refractivity contribution is 4.92. The van der Waals surface area contributed by atoms with Crippen molar-refractivity contribution in [1.29, 1.82) is 0 Å². The molecule has 7 N–H and O–H groups in total. The van der Waals surface area contributed by atoms with Crippen molar-refractivity contribution in [3.05, 3.63) is 12.7 Å². The first-order valence-electron chi connectivity index (χ1n) is 10.2. The Bertz CT molecular complexity index is 535. The monoisotopic (exact) mass is 438 g/mol. The molecule has 11 nitrogen and oxygen atoms in total. The average Bonchev–Trinajstić information content (AvgIpc) is 2.74. The third-order valence-corrected chi connectivity index (χ3v) is 5.34. The molecule has 0 aromatic carbocycles. The predicted octanol–water partition coefficient (Wildman–Crippen LogP) is -2.28. The Balaban J connectivity index is 1.99. The fourth-order valence-electron chi connectivity index (χ4n) is 3.32. The summed E-state index contributed by atoms with van der Waals surface area (Å²) >= 11 is 0. The summed E-state index contributed by atoms with van der Waals surface area (Å²) in [6, 6.07) is 0. The van der Waals surface area contributed by atoms with Crippen LogP contribution < -0.4 is 0 Å². The second-order valence-electron chi connectivity index (χ2n) is 7.68. The minimum atomic E-state index is -2.66. The number of hydrogen-bond acceptors (Lipinski definition) is 11. The first-order valence-corrected chi connectivity index (χ1v) is 10.2. The summed E-state index contributed by atoms with van der Waals surface area (Å²) in [5.74, 6) is -2.66. The Morgan fingerprint density at radius 1 is 1.07 bits per heavy atom. The molecule has 0 aromatic heterocycles. The molecule has 10 unspecified atom stereocenters. The Morgan fingerprint density at radius 2 is 1.77 bits per heavy atom. The largest absolute Gasteiger partial charge is 0.388 e. The van der Waals surface area contributed by atoms with E-state index < -0.39 is 74.3 Å². The van der Waals surface area contributed by atoms with Gasteiger partial charge in [-0.15, -0.1) is 6.58 Å². The van der Waals surface area contributed by atoms with E-state index in [9.17, 15) is 35.7 Å². The number of aliphatic hydroxyl groups is 7. The topological polar surface area (TPSA) is 179 Å². The molecule has 2 saturated heterocycles. The van der Waals surface area contributed by atoms with Crippen molar-refractivity contribution < 1.29 is 54.7 Å². The van der Waals surface area contributed by atoms with Crippen LogP contribution in [0.15, 0.2) is 12.7 Å². The average molecular weight is 438 g/mol. The Hall–Kier alpha value is -0.700. The summed E-state index contributed by atoms with van der Waals surface area (Å²) in [5.41, 5.74) is 0. The van der Waals surface area contributed by atoms with E-state index in [0.717, 1.165) is 19.3 Å². The van der Waals surface area contributed by atoms with Crippen molar-refractivity contribution in [2.45, 2.75) is 93.7 Å². The lowest BCUT2D eigenvalue weighted by atomic mass is 9.99. The molecule has 0 aliphatic carbocycles. The van der Waals surface area contributed by atoms with Crippen LogP contribution in [0.1, 0.15) is 32.6 Å². The predicted molar refractivity (Wildman–Crippen MR) is 101 cm³/mol. The SMILES string of the molecule is C=CC(CCCCC)OC1OC(COC2(O)OCC(O)C(O)C2O)C(O)C(O)C1O. The van der Waals surface area contributed by atoms with E-state index in [-0.39, 0.29) is 0 Å². The van der Waals surface area contributed by atoms with Gasteiger partial charge in [0.2, 0.25) is 0 Å². The standard InChI is InChI=1S/C19H34O11/c1-3-5-6-7-10(4-2)29-18-16(24)15(23)14(22)12(30-18)9-28-19(26)17(25)13(21)11(20)8-27-19/h4,10-18,20-26H,2-3,5-9H2,1H3. The summed E-state index contributed by atoms with van der Waals surface area (Å²) in [7, 11) is 0. The fraction of sp³-hybridized carbons (Fsp3) is 0.895. The van der Waals surface area contributed by atoms with Gasteiger partial charge in [-0.3, -0.25) is 0 Å². The molecule has 0 aromatic rings. The number of aliphatic hydroxyl groups excluding tert-OH is 6. The molecule has 0 amide bonds. The maximum atomic E-state index is 10.3. The fourth-order valence-corrected chi connectivity index (χ4v) is 3.32. The third kappa shape index (κ3) is 5.96. The van der Waals surface area contributed by atoms with Gasteiger partial charge in [0.25, 0.3) is 0 Å². The molecule has 2 heterocycles. The van der Waals surface area contributed by atoms with Gasteiger partial charge in [-0.25, -0.2) is 0 Å². The molecule has 11 heteroatoms. The first kappa shape index (κ1) is 25.6. The normalized spacial score (nSPS) is 43.3. The van der Waals surface area contributed by atoms with E-state index in [4.69, 9.17) is 18.9 Å². The highest BCUT2D eigenvalue weighted by Gasteiger charge is 2.52. The molecular formula is C19H34O11. The van der Waals surface area contributed by atoms with E-state index in [1.807, 2.05) is 0 Å². The zero-order valence-electron chi connectivity index (χ0n) is 17.0. The van der Waals surface area contributed by atoms with Crippen LogP contribution in [0.2, 0.25) is 0 Å². The molecule has 2 aliphatic rings. The summed E-state index contributed by atoms with van der Waals surface area (Å²) < 4.78 is 21.2. The molecule has 2 fully saturated rings. The highest BCUT2D eigenvalue weighted by atomic mass is 16.8. The van der Waals surface area contributed by atoms with E-state index in [0.29, 0.717) is 6.42 Å². The van der Waals surface area contributed by atoms with Gasteiger partial charge in [-0.05, 0) is 6.42 Å². The molecule has 176 valence electrons. The molecule has 30 heavy (non-hydrogen) atoms. The first-order chi connectivity index (χ1) is 14.1. The van der Waals surface area contributed by atoms with Crippen molar-refractivity contribution in [3.8, 4) is 0 Å². The zero-order valence-corrected chi connectivity index (χ0v) is 17.0. The molecule has 2 aliphatic heterocycles. The third-order valence-electron chi connectivity index (χ3n) is 5.34. The molecule has 10 atom stereocenters. The maximum Gasteiger partial charge on any atom is 0.311 e. The Labute approximate surface area is 175 Å². The van der Waals surface area contributed by atoms with Crippen LogP contribution in [0.5, 0.6) is 0 Å². The van der Waals surface area contributed by atoms with Crippen molar-refractivity contribution in [2.75, 3.05) is 13.2 Å². The smallest absolute Gasteiger partial charge is 0.311 e. The van der Waals surface area contributed by atoms with E-state index in [2.05, 4.69) is 13.5 Å². The van der Waals surface area contributed by atoms with Crippen molar-refractivity contribution >= 4 is 0 Å². The summed E-state index contributed by atoms with van der Waals surface area (Å²) in [6.45, 7) is 4.65. The molecule has 0 saturated carbocycles. The minimum absolute atomic E-state index is 0.454. The molecule has 0 radical (unpaired) electrons. The van der Waals surface area contributed by atoms with Crippen LogP contribution in [0, 0.1) is 0 Å². The van der Waals surface area contributed by atoms with Crippen LogP contribution >= 0.6 is 0 Å². The van der Waals surface area contributed by atoms with Crippen molar-refractivity contribution in [1.82, 2.24) is 0 Å². The number of ether oxygens (including phenoxy) is 4. The van der Waals surface area contributed by atoms with Crippen LogP contribution in [-0.4, -0.2) is 110 Å². The molecular weight excluding hydrogens is 404 g/mol. The number of hydrogen-bond donors (Lipinski definition) is 7. The van der Waals surface area contributed by atoms with E-state index in [1.165, 1.54) is 0 Å². The van der Waals surface area contributed by atoms with Crippen molar-refractivity contribution in [3.63, 3.8) is 0 Å². The lowest BCUT2D eigenvalue weighted by molar-refractivity contribution is -0.438. The second kappa shape index (κ2) is 11.2. The molecule has 0 bridgehead atoms.